The second-order valence-corrected chi connectivity index (χ2v) is 2.68. The molecule has 2 rings (SSSR count). The van der Waals surface area contributed by atoms with Gasteiger partial charge in [0.15, 0.2) is 0 Å². The van der Waals surface area contributed by atoms with Crippen LogP contribution in [0.15, 0.2) is 6.20 Å². The topological polar surface area (TPSA) is 29.9 Å². The van der Waals surface area contributed by atoms with Crippen molar-refractivity contribution in [3.05, 3.63) is 11.8 Å². The molecule has 1 aliphatic heterocycles. The molecule has 0 saturated carbocycles. The number of aromatic nitrogens is 2. The fraction of sp³-hybridized carbons (Fsp3) is 0.667. The van der Waals surface area contributed by atoms with E-state index in [-0.39, 0.29) is 0 Å². The van der Waals surface area contributed by atoms with Crippen molar-refractivity contribution in [1.82, 2.24) is 9.78 Å². The lowest BCUT2D eigenvalue weighted by Gasteiger charge is -2.15. The minimum absolute atomic E-state index is 1.07. The van der Waals surface area contributed by atoms with Gasteiger partial charge < -0.3 is 5.32 Å². The quantitative estimate of drug-likeness (QED) is 0.640. The van der Waals surface area contributed by atoms with E-state index in [9.17, 15) is 0 Å². The summed E-state index contributed by atoms with van der Waals surface area (Å²) in [5.74, 6) is 1.20. The van der Waals surface area contributed by atoms with E-state index < -0.39 is 0 Å². The second kappa shape index (κ2) is 4.14. The van der Waals surface area contributed by atoms with Gasteiger partial charge in [-0.1, -0.05) is 13.8 Å². The zero-order valence-electron chi connectivity index (χ0n) is 8.09. The van der Waals surface area contributed by atoms with Gasteiger partial charge in [-0.25, -0.2) is 4.68 Å². The van der Waals surface area contributed by atoms with E-state index in [4.69, 9.17) is 0 Å². The van der Waals surface area contributed by atoms with Crippen molar-refractivity contribution in [3.63, 3.8) is 0 Å². The third kappa shape index (κ3) is 1.60. The molecule has 68 valence electrons. The van der Waals surface area contributed by atoms with Crippen LogP contribution >= 0.6 is 0 Å². The standard InChI is InChI=1S/C7H11N3.C2H6/c1-6-5-9-10-4-2-3-8-7(6)10;1-2/h5,8H,2-4H2,1H3;1-2H3. The Kier molecular flexibility index (Phi) is 3.14. The molecule has 0 bridgehead atoms. The Morgan fingerprint density at radius 2 is 2.25 bits per heavy atom. The molecule has 0 unspecified atom stereocenters. The van der Waals surface area contributed by atoms with E-state index in [1.165, 1.54) is 17.8 Å². The van der Waals surface area contributed by atoms with Crippen LogP contribution in [0.25, 0.3) is 0 Å². The van der Waals surface area contributed by atoms with Crippen LogP contribution in [0.4, 0.5) is 5.82 Å². The first-order valence-electron chi connectivity index (χ1n) is 4.64. The molecule has 0 radical (unpaired) electrons. The number of nitrogens with one attached hydrogen (secondary N) is 1. The van der Waals surface area contributed by atoms with Gasteiger partial charge in [-0.15, -0.1) is 0 Å². The fourth-order valence-electron chi connectivity index (χ4n) is 1.31. The van der Waals surface area contributed by atoms with Crippen molar-refractivity contribution in [2.75, 3.05) is 11.9 Å². The van der Waals surface area contributed by atoms with Gasteiger partial charge >= 0.3 is 0 Å². The molecule has 0 aliphatic carbocycles. The molecule has 12 heavy (non-hydrogen) atoms. The molecule has 0 amide bonds. The first-order chi connectivity index (χ1) is 5.88. The Morgan fingerprint density at radius 3 is 2.92 bits per heavy atom. The first kappa shape index (κ1) is 9.10. The molecule has 0 aromatic carbocycles. The van der Waals surface area contributed by atoms with Crippen LogP contribution in [0, 0.1) is 6.92 Å². The van der Waals surface area contributed by atoms with Crippen LogP contribution in [0.1, 0.15) is 25.8 Å². The van der Waals surface area contributed by atoms with Gasteiger partial charge in [-0.3, -0.25) is 0 Å². The molecule has 1 aliphatic rings. The summed E-state index contributed by atoms with van der Waals surface area (Å²) in [6.07, 6.45) is 3.10. The lowest BCUT2D eigenvalue weighted by atomic mass is 10.3. The first-order valence-corrected chi connectivity index (χ1v) is 4.64. The second-order valence-electron chi connectivity index (χ2n) is 2.68. The number of rotatable bonds is 0. The van der Waals surface area contributed by atoms with Gasteiger partial charge in [0.05, 0.1) is 6.20 Å². The minimum Gasteiger partial charge on any atom is -0.370 e. The molecule has 1 aromatic heterocycles. The Labute approximate surface area is 73.8 Å². The molecule has 2 heterocycles. The Bertz CT molecular complexity index is 240. The molecule has 0 fully saturated rings. The number of aryl methyl sites for hydroxylation is 2. The average Bonchev–Trinajstić information content (AvgIpc) is 2.53. The highest BCUT2D eigenvalue weighted by Crippen LogP contribution is 2.16. The van der Waals surface area contributed by atoms with Crippen LogP contribution in [0.3, 0.4) is 0 Å². The van der Waals surface area contributed by atoms with E-state index in [1.54, 1.807) is 0 Å². The number of fused-ring (bicyclic) bond motifs is 1. The smallest absolute Gasteiger partial charge is 0.127 e. The summed E-state index contributed by atoms with van der Waals surface area (Å²) >= 11 is 0. The van der Waals surface area contributed by atoms with E-state index >= 15 is 0 Å². The fourth-order valence-corrected chi connectivity index (χ4v) is 1.31. The zero-order valence-corrected chi connectivity index (χ0v) is 8.09. The summed E-state index contributed by atoms with van der Waals surface area (Å²) in [6.45, 7) is 8.24. The molecule has 1 aromatic rings. The van der Waals surface area contributed by atoms with Crippen LogP contribution in [-0.2, 0) is 6.54 Å². The van der Waals surface area contributed by atoms with E-state index in [2.05, 4.69) is 17.3 Å². The summed E-state index contributed by atoms with van der Waals surface area (Å²) in [7, 11) is 0. The molecular weight excluding hydrogens is 150 g/mol. The lowest BCUT2D eigenvalue weighted by molar-refractivity contribution is 0.567. The minimum atomic E-state index is 1.07. The number of nitrogens with zero attached hydrogens (tertiary/aromatic N) is 2. The van der Waals surface area contributed by atoms with Gasteiger partial charge in [0.1, 0.15) is 5.82 Å². The maximum atomic E-state index is 4.21. The molecule has 3 heteroatoms. The molecule has 0 saturated heterocycles. The van der Waals surface area contributed by atoms with Crippen molar-refractivity contribution in [3.8, 4) is 0 Å². The number of hydrogen-bond acceptors (Lipinski definition) is 2. The SMILES string of the molecule is CC.Cc1cnn2c1NCCC2. The van der Waals surface area contributed by atoms with Crippen molar-refractivity contribution in [1.29, 1.82) is 0 Å². The third-order valence-electron chi connectivity index (χ3n) is 1.86. The molecular formula is C9H17N3. The summed E-state index contributed by atoms with van der Waals surface area (Å²) < 4.78 is 2.03. The van der Waals surface area contributed by atoms with Crippen molar-refractivity contribution >= 4 is 5.82 Å². The highest BCUT2D eigenvalue weighted by Gasteiger charge is 2.09. The van der Waals surface area contributed by atoms with Crippen molar-refractivity contribution in [2.24, 2.45) is 0 Å². The summed E-state index contributed by atoms with van der Waals surface area (Å²) in [5, 5.41) is 7.52. The zero-order chi connectivity index (χ0) is 8.97. The van der Waals surface area contributed by atoms with Gasteiger partial charge in [0.2, 0.25) is 0 Å². The molecule has 1 N–H and O–H groups in total. The Hall–Kier alpha value is -0.990. The normalized spacial score (nSPS) is 13.9. The van der Waals surface area contributed by atoms with Crippen molar-refractivity contribution in [2.45, 2.75) is 33.7 Å². The molecule has 0 spiro atoms. The van der Waals surface area contributed by atoms with E-state index in [0.717, 1.165) is 13.1 Å². The maximum absolute atomic E-state index is 4.21. The predicted octanol–water partition coefficient (Wildman–Crippen LogP) is 2.03. The van der Waals surface area contributed by atoms with Gasteiger partial charge in [-0.05, 0) is 13.3 Å². The van der Waals surface area contributed by atoms with Gasteiger partial charge in [0.25, 0.3) is 0 Å². The number of anilines is 1. The molecule has 3 nitrogen and oxygen atoms in total. The highest BCUT2D eigenvalue weighted by molar-refractivity contribution is 5.43. The average molecular weight is 167 g/mol. The maximum Gasteiger partial charge on any atom is 0.127 e. The van der Waals surface area contributed by atoms with Crippen LogP contribution in [0.2, 0.25) is 0 Å². The summed E-state index contributed by atoms with van der Waals surface area (Å²) in [5.41, 5.74) is 1.25. The largest absolute Gasteiger partial charge is 0.370 e. The van der Waals surface area contributed by atoms with E-state index in [1.807, 2.05) is 24.7 Å². The highest BCUT2D eigenvalue weighted by atomic mass is 15.3. The Balaban J connectivity index is 0.000000336. The van der Waals surface area contributed by atoms with Crippen molar-refractivity contribution < 1.29 is 0 Å². The Morgan fingerprint density at radius 1 is 1.50 bits per heavy atom. The van der Waals surface area contributed by atoms with Crippen LogP contribution in [-0.4, -0.2) is 16.3 Å². The summed E-state index contributed by atoms with van der Waals surface area (Å²) in [4.78, 5) is 0. The van der Waals surface area contributed by atoms with Gasteiger partial charge in [-0.2, -0.15) is 5.10 Å². The monoisotopic (exact) mass is 167 g/mol. The predicted molar refractivity (Wildman–Crippen MR) is 51.4 cm³/mol. The number of hydrogen-bond donors (Lipinski definition) is 1. The van der Waals surface area contributed by atoms with E-state index in [0.29, 0.717) is 0 Å². The van der Waals surface area contributed by atoms with Crippen LogP contribution < -0.4 is 5.32 Å². The lowest BCUT2D eigenvalue weighted by Crippen LogP contribution is -2.17. The van der Waals surface area contributed by atoms with Gasteiger partial charge in [0, 0.05) is 18.7 Å². The van der Waals surface area contributed by atoms with Crippen LogP contribution in [0.5, 0.6) is 0 Å². The third-order valence-corrected chi connectivity index (χ3v) is 1.86. The summed E-state index contributed by atoms with van der Waals surface area (Å²) in [6, 6.07) is 0. The molecule has 0 atom stereocenters.